The van der Waals surface area contributed by atoms with Crippen molar-refractivity contribution < 1.29 is 13.2 Å². The molecular formula is C16H25N3O3S. The smallest absolute Gasteiger partial charge is 0.155 e. The quantitative estimate of drug-likeness (QED) is 0.899. The Kier molecular flexibility index (Phi) is 4.60. The van der Waals surface area contributed by atoms with E-state index in [1.807, 2.05) is 6.92 Å². The van der Waals surface area contributed by atoms with Gasteiger partial charge in [0, 0.05) is 37.3 Å². The van der Waals surface area contributed by atoms with Crippen molar-refractivity contribution in [3.05, 3.63) is 17.1 Å². The minimum absolute atomic E-state index is 0.387. The predicted molar refractivity (Wildman–Crippen MR) is 89.5 cm³/mol. The highest BCUT2D eigenvalue weighted by atomic mass is 32.2. The van der Waals surface area contributed by atoms with Crippen LogP contribution in [0.5, 0.6) is 0 Å². The van der Waals surface area contributed by atoms with E-state index in [9.17, 15) is 8.42 Å². The van der Waals surface area contributed by atoms with Gasteiger partial charge in [0.1, 0.15) is 11.6 Å². The molecule has 0 unspecified atom stereocenters. The van der Waals surface area contributed by atoms with Crippen LogP contribution in [0.1, 0.15) is 42.8 Å². The van der Waals surface area contributed by atoms with Gasteiger partial charge in [-0.3, -0.25) is 0 Å². The molecule has 128 valence electrons. The summed E-state index contributed by atoms with van der Waals surface area (Å²) in [5, 5.41) is 3.34. The molecule has 0 aromatic carbocycles. The summed E-state index contributed by atoms with van der Waals surface area (Å²) in [5.41, 5.74) is 2.28. The molecule has 3 rings (SSSR count). The second kappa shape index (κ2) is 6.36. The predicted octanol–water partition coefficient (Wildman–Crippen LogP) is 1.67. The van der Waals surface area contributed by atoms with Crippen LogP contribution in [0.4, 0.5) is 5.82 Å². The highest BCUT2D eigenvalue weighted by Gasteiger charge is 2.42. The first kappa shape index (κ1) is 16.6. The number of nitrogens with one attached hydrogen (secondary N) is 1. The lowest BCUT2D eigenvalue weighted by Gasteiger charge is -2.36. The van der Waals surface area contributed by atoms with Gasteiger partial charge in [-0.15, -0.1) is 0 Å². The van der Waals surface area contributed by atoms with Crippen molar-refractivity contribution in [2.24, 2.45) is 0 Å². The summed E-state index contributed by atoms with van der Waals surface area (Å²) in [6, 6.07) is 0. The van der Waals surface area contributed by atoms with Gasteiger partial charge in [0.05, 0.1) is 4.75 Å². The van der Waals surface area contributed by atoms with Crippen LogP contribution < -0.4 is 5.32 Å². The number of sulfone groups is 1. The topological polar surface area (TPSA) is 81.2 Å². The average molecular weight is 339 g/mol. The third-order valence-electron chi connectivity index (χ3n) is 5.06. The Balaban J connectivity index is 1.86. The lowest BCUT2D eigenvalue weighted by Crippen LogP contribution is -2.48. The van der Waals surface area contributed by atoms with Crippen LogP contribution in [-0.4, -0.2) is 49.1 Å². The molecule has 0 saturated carbocycles. The summed E-state index contributed by atoms with van der Waals surface area (Å²) < 4.78 is 29.3. The maximum atomic E-state index is 12.4. The van der Waals surface area contributed by atoms with Crippen molar-refractivity contribution in [1.82, 2.24) is 9.97 Å². The molecule has 0 amide bonds. The molecule has 7 heteroatoms. The van der Waals surface area contributed by atoms with E-state index in [2.05, 4.69) is 15.3 Å². The molecule has 1 aromatic rings. The average Bonchev–Trinajstić information content (AvgIpc) is 2.52. The molecule has 0 atom stereocenters. The Hall–Kier alpha value is -1.21. The number of nitrogens with zero attached hydrogens (tertiary/aromatic N) is 2. The van der Waals surface area contributed by atoms with Gasteiger partial charge in [0.15, 0.2) is 9.84 Å². The fraction of sp³-hybridized carbons (Fsp3) is 0.750. The summed E-state index contributed by atoms with van der Waals surface area (Å²) in [4.78, 5) is 9.08. The van der Waals surface area contributed by atoms with Gasteiger partial charge in [0.25, 0.3) is 0 Å². The largest absolute Gasteiger partial charge is 0.381 e. The minimum Gasteiger partial charge on any atom is -0.381 e. The van der Waals surface area contributed by atoms with E-state index < -0.39 is 14.6 Å². The number of hydrogen-bond acceptors (Lipinski definition) is 6. The first-order chi connectivity index (χ1) is 10.9. The maximum Gasteiger partial charge on any atom is 0.155 e. The minimum atomic E-state index is -3.17. The maximum absolute atomic E-state index is 12.4. The van der Waals surface area contributed by atoms with Crippen molar-refractivity contribution in [3.8, 4) is 0 Å². The van der Waals surface area contributed by atoms with Gasteiger partial charge in [-0.1, -0.05) is 0 Å². The molecule has 1 aliphatic carbocycles. The number of anilines is 1. The second-order valence-corrected chi connectivity index (χ2v) is 9.08. The molecule has 2 aliphatic rings. The van der Waals surface area contributed by atoms with Gasteiger partial charge in [-0.2, -0.15) is 0 Å². The second-order valence-electron chi connectivity index (χ2n) is 6.67. The van der Waals surface area contributed by atoms with Crippen LogP contribution in [0.15, 0.2) is 0 Å². The van der Waals surface area contributed by atoms with E-state index in [4.69, 9.17) is 4.74 Å². The van der Waals surface area contributed by atoms with Gasteiger partial charge in [-0.05, 0) is 45.4 Å². The Morgan fingerprint density at radius 1 is 1.17 bits per heavy atom. The molecule has 1 saturated heterocycles. The number of fused-ring (bicyclic) bond motifs is 1. The van der Waals surface area contributed by atoms with Crippen LogP contribution in [0.2, 0.25) is 0 Å². The zero-order valence-corrected chi connectivity index (χ0v) is 14.7. The van der Waals surface area contributed by atoms with Crippen LogP contribution >= 0.6 is 0 Å². The summed E-state index contributed by atoms with van der Waals surface area (Å²) >= 11 is 0. The highest BCUT2D eigenvalue weighted by Crippen LogP contribution is 2.31. The number of aryl methyl sites for hydroxylation is 2. The third kappa shape index (κ3) is 3.35. The fourth-order valence-electron chi connectivity index (χ4n) is 3.53. The van der Waals surface area contributed by atoms with Gasteiger partial charge in [-0.25, -0.2) is 18.4 Å². The van der Waals surface area contributed by atoms with Crippen molar-refractivity contribution in [3.63, 3.8) is 0 Å². The van der Waals surface area contributed by atoms with Crippen LogP contribution in [0, 0.1) is 6.92 Å². The summed E-state index contributed by atoms with van der Waals surface area (Å²) in [6.07, 6.45) is 6.65. The Morgan fingerprint density at radius 2 is 1.87 bits per heavy atom. The normalized spacial score (nSPS) is 20.8. The standard InChI is InChI=1S/C16H25N3O3S/c1-12-18-14-6-4-3-5-13(14)15(19-12)17-11-16(23(2,20)21)7-9-22-10-8-16/h3-11H2,1-2H3,(H,17,18,19). The van der Waals surface area contributed by atoms with Crippen LogP contribution in [0.25, 0.3) is 0 Å². The summed E-state index contributed by atoms with van der Waals surface area (Å²) in [5.74, 6) is 1.57. The molecule has 0 bridgehead atoms. The summed E-state index contributed by atoms with van der Waals surface area (Å²) in [7, 11) is -3.17. The SMILES string of the molecule is Cc1nc2c(c(NCC3(S(C)(=O)=O)CCOCC3)n1)CCCC2. The number of rotatable bonds is 4. The molecule has 6 nitrogen and oxygen atoms in total. The van der Waals surface area contributed by atoms with E-state index in [1.165, 1.54) is 6.26 Å². The van der Waals surface area contributed by atoms with Crippen molar-refractivity contribution in [2.75, 3.05) is 31.3 Å². The molecule has 1 N–H and O–H groups in total. The fourth-order valence-corrected chi connectivity index (χ4v) is 4.77. The van der Waals surface area contributed by atoms with E-state index in [0.29, 0.717) is 32.6 Å². The molecule has 0 radical (unpaired) electrons. The Morgan fingerprint density at radius 3 is 2.57 bits per heavy atom. The third-order valence-corrected chi connectivity index (χ3v) is 7.19. The Bertz CT molecular complexity index is 682. The number of ether oxygens (including phenoxy) is 1. The molecule has 23 heavy (non-hydrogen) atoms. The lowest BCUT2D eigenvalue weighted by molar-refractivity contribution is 0.0776. The number of aromatic nitrogens is 2. The van der Waals surface area contributed by atoms with Crippen molar-refractivity contribution in [2.45, 2.75) is 50.2 Å². The van der Waals surface area contributed by atoms with Crippen LogP contribution in [0.3, 0.4) is 0 Å². The number of hydrogen-bond donors (Lipinski definition) is 1. The summed E-state index contributed by atoms with van der Waals surface area (Å²) in [6.45, 7) is 3.27. The zero-order valence-electron chi connectivity index (χ0n) is 13.9. The first-order valence-corrected chi connectivity index (χ1v) is 10.2. The molecule has 1 aromatic heterocycles. The van der Waals surface area contributed by atoms with E-state index in [-0.39, 0.29) is 0 Å². The molecule has 1 fully saturated rings. The van der Waals surface area contributed by atoms with Crippen molar-refractivity contribution in [1.29, 1.82) is 0 Å². The van der Waals surface area contributed by atoms with Gasteiger partial charge >= 0.3 is 0 Å². The van der Waals surface area contributed by atoms with Gasteiger partial charge < -0.3 is 10.1 Å². The van der Waals surface area contributed by atoms with Crippen LogP contribution in [-0.2, 0) is 27.4 Å². The lowest BCUT2D eigenvalue weighted by atomic mass is 9.95. The molecule has 2 heterocycles. The molecule has 1 aliphatic heterocycles. The zero-order chi connectivity index (χ0) is 16.5. The Labute approximate surface area is 138 Å². The van der Waals surface area contributed by atoms with Gasteiger partial charge in [0.2, 0.25) is 0 Å². The van der Waals surface area contributed by atoms with E-state index >= 15 is 0 Å². The molecular weight excluding hydrogens is 314 g/mol. The van der Waals surface area contributed by atoms with E-state index in [0.717, 1.165) is 48.6 Å². The highest BCUT2D eigenvalue weighted by molar-refractivity contribution is 7.92. The monoisotopic (exact) mass is 339 g/mol. The van der Waals surface area contributed by atoms with E-state index in [1.54, 1.807) is 0 Å². The molecule has 0 spiro atoms. The van der Waals surface area contributed by atoms with Crippen molar-refractivity contribution >= 4 is 15.7 Å². The first-order valence-electron chi connectivity index (χ1n) is 8.29.